The Labute approximate surface area is 263 Å². The number of aliphatic hydroxyl groups excluding tert-OH is 1. The van der Waals surface area contributed by atoms with Crippen molar-refractivity contribution in [1.82, 2.24) is 5.32 Å². The van der Waals surface area contributed by atoms with Crippen molar-refractivity contribution in [3.8, 4) is 0 Å². The van der Waals surface area contributed by atoms with Crippen molar-refractivity contribution in [3.05, 3.63) is 0 Å². The van der Waals surface area contributed by atoms with Crippen LogP contribution in [0.2, 0.25) is 0 Å². The van der Waals surface area contributed by atoms with Gasteiger partial charge in [0, 0.05) is 20.0 Å². The fourth-order valence-electron chi connectivity index (χ4n) is 13.0. The van der Waals surface area contributed by atoms with Gasteiger partial charge in [-0.1, -0.05) is 27.7 Å². The highest BCUT2D eigenvalue weighted by atomic mass is 16.7. The van der Waals surface area contributed by atoms with E-state index < -0.39 is 41.5 Å². The van der Waals surface area contributed by atoms with E-state index in [0.29, 0.717) is 18.9 Å². The first-order chi connectivity index (χ1) is 20.5. The second-order valence-corrected chi connectivity index (χ2v) is 17.5. The fourth-order valence-corrected chi connectivity index (χ4v) is 13.0. The number of hydrogen-bond acceptors (Lipinski definition) is 9. The quantitative estimate of drug-likeness (QED) is 0.342. The SMILES string of the molecule is CC(=O)O[C@@H]([C@H]1C[C@@H](C)[C@H]2[C@H](O1)[C@H](O)[C@@]1(N)[C@@H]3CC[C@H]4C(C)(C)[C@@H](O[C@H]5CNCCO5)CC[C@@]45C[C@@]35CC[C@]21C)C(C)(C)O. The zero-order chi connectivity index (χ0) is 31.7. The number of hydrogen-bond donors (Lipinski definition) is 4. The number of esters is 1. The van der Waals surface area contributed by atoms with Crippen LogP contribution in [0.3, 0.4) is 0 Å². The highest BCUT2D eigenvalue weighted by Gasteiger charge is 2.85. The lowest BCUT2D eigenvalue weighted by molar-refractivity contribution is -0.233. The second kappa shape index (κ2) is 10.1. The summed E-state index contributed by atoms with van der Waals surface area (Å²) < 4.78 is 25.0. The van der Waals surface area contributed by atoms with Crippen LogP contribution >= 0.6 is 0 Å². The van der Waals surface area contributed by atoms with Gasteiger partial charge in [-0.05, 0) is 111 Å². The van der Waals surface area contributed by atoms with Crippen molar-refractivity contribution in [2.45, 2.75) is 148 Å². The Morgan fingerprint density at radius 3 is 2.45 bits per heavy atom. The van der Waals surface area contributed by atoms with Crippen LogP contribution in [0.1, 0.15) is 99.8 Å². The number of fused-ring (bicyclic) bond motifs is 4. The molecule has 0 unspecified atom stereocenters. The van der Waals surface area contributed by atoms with Crippen LogP contribution in [-0.2, 0) is 23.7 Å². The minimum atomic E-state index is -1.28. The number of ether oxygens (including phenoxy) is 4. The Morgan fingerprint density at radius 2 is 1.80 bits per heavy atom. The lowest BCUT2D eigenvalue weighted by atomic mass is 9.43. The molecule has 7 aliphatic rings. The average Bonchev–Trinajstić information content (AvgIpc) is 3.58. The van der Waals surface area contributed by atoms with Gasteiger partial charge in [0.2, 0.25) is 0 Å². The molecule has 0 aromatic carbocycles. The minimum absolute atomic E-state index is 0.0337. The molecule has 5 aliphatic carbocycles. The molecule has 0 aromatic heterocycles. The molecule has 7 fully saturated rings. The van der Waals surface area contributed by atoms with E-state index in [1.165, 1.54) is 13.3 Å². The van der Waals surface area contributed by atoms with Crippen molar-refractivity contribution in [2.24, 2.45) is 51.1 Å². The van der Waals surface area contributed by atoms with E-state index in [2.05, 4.69) is 33.0 Å². The molecule has 2 aliphatic heterocycles. The lowest BCUT2D eigenvalue weighted by Crippen LogP contribution is -2.70. The highest BCUT2D eigenvalue weighted by molar-refractivity contribution is 5.66. The zero-order valence-electron chi connectivity index (χ0n) is 28.1. The molecule has 14 atom stereocenters. The van der Waals surface area contributed by atoms with Crippen LogP contribution in [-0.4, -0.2) is 83.8 Å². The Balaban J connectivity index is 1.16. The molecule has 7 rings (SSSR count). The summed E-state index contributed by atoms with van der Waals surface area (Å²) in [4.78, 5) is 12.0. The summed E-state index contributed by atoms with van der Waals surface area (Å²) >= 11 is 0. The Hall–Kier alpha value is -0.810. The molecule has 0 aromatic rings. The standard InChI is InChI=1S/C35H58N2O7/c1-19-16-21(29(31(5,6)40)42-20(2)38)43-27-26(19)32(7)12-13-34-18-33(34)11-10-24(44-25-17-37-14-15-41-25)30(3,4)22(33)8-9-23(34)35(32,36)28(27)39/h19,21-29,37,39-40H,8-18,36H2,1-7H3/t19-,21-,22+,23-,24+,25+,26+,27+,28+,29+,32-,33-,34+,35+/m1/s1. The normalized spacial score (nSPS) is 53.3. The molecule has 44 heavy (non-hydrogen) atoms. The van der Waals surface area contributed by atoms with E-state index in [4.69, 9.17) is 24.7 Å². The minimum Gasteiger partial charge on any atom is -0.457 e. The summed E-state index contributed by atoms with van der Waals surface area (Å²) in [6, 6.07) is 0. The topological polar surface area (TPSA) is 132 Å². The van der Waals surface area contributed by atoms with E-state index in [-0.39, 0.29) is 51.8 Å². The van der Waals surface area contributed by atoms with Gasteiger partial charge in [-0.15, -0.1) is 0 Å². The molecule has 0 amide bonds. The third kappa shape index (κ3) is 4.11. The van der Waals surface area contributed by atoms with Gasteiger partial charge in [-0.25, -0.2) is 0 Å². The molecule has 9 nitrogen and oxygen atoms in total. The summed E-state index contributed by atoms with van der Waals surface area (Å²) in [6.07, 6.45) is 5.73. The van der Waals surface area contributed by atoms with Gasteiger partial charge in [0.1, 0.15) is 0 Å². The monoisotopic (exact) mass is 618 g/mol. The van der Waals surface area contributed by atoms with Gasteiger partial charge >= 0.3 is 5.97 Å². The first-order valence-electron chi connectivity index (χ1n) is 17.5. The highest BCUT2D eigenvalue weighted by Crippen LogP contribution is 2.87. The van der Waals surface area contributed by atoms with Crippen LogP contribution in [0.4, 0.5) is 0 Å². The number of nitrogens with one attached hydrogen (secondary N) is 1. The molecule has 0 radical (unpaired) electrons. The van der Waals surface area contributed by atoms with Gasteiger partial charge in [-0.3, -0.25) is 4.79 Å². The van der Waals surface area contributed by atoms with Gasteiger partial charge in [-0.2, -0.15) is 0 Å². The molecule has 2 heterocycles. The number of carbonyl (C=O) groups excluding carboxylic acids is 1. The van der Waals surface area contributed by atoms with Gasteiger partial charge in [0.15, 0.2) is 12.4 Å². The fraction of sp³-hybridized carbons (Fsp3) is 0.971. The first kappa shape index (κ1) is 31.8. The lowest BCUT2D eigenvalue weighted by Gasteiger charge is -2.63. The van der Waals surface area contributed by atoms with Gasteiger partial charge < -0.3 is 40.2 Å². The van der Waals surface area contributed by atoms with Crippen molar-refractivity contribution in [2.75, 3.05) is 19.7 Å². The molecule has 5 saturated carbocycles. The van der Waals surface area contributed by atoms with Crippen molar-refractivity contribution < 1.29 is 34.0 Å². The molecular weight excluding hydrogens is 560 g/mol. The molecule has 0 bridgehead atoms. The Kier molecular flexibility index (Phi) is 7.29. The molecule has 5 N–H and O–H groups in total. The average molecular weight is 619 g/mol. The number of carbonyl (C=O) groups is 1. The number of nitrogens with two attached hydrogens (primary N) is 1. The number of morpholine rings is 1. The second-order valence-electron chi connectivity index (χ2n) is 17.5. The largest absolute Gasteiger partial charge is 0.457 e. The third-order valence-corrected chi connectivity index (χ3v) is 14.8. The van der Waals surface area contributed by atoms with E-state index in [1.54, 1.807) is 13.8 Å². The summed E-state index contributed by atoms with van der Waals surface area (Å²) in [5, 5.41) is 26.8. The van der Waals surface area contributed by atoms with Crippen molar-refractivity contribution in [1.29, 1.82) is 0 Å². The van der Waals surface area contributed by atoms with Crippen LogP contribution in [0.25, 0.3) is 0 Å². The molecular formula is C35H58N2O7. The predicted octanol–water partition coefficient (Wildman–Crippen LogP) is 3.52. The maximum absolute atomic E-state index is 12.4. The Bertz CT molecular complexity index is 1150. The van der Waals surface area contributed by atoms with E-state index in [9.17, 15) is 15.0 Å². The summed E-state index contributed by atoms with van der Waals surface area (Å²) in [5.41, 5.74) is 5.88. The van der Waals surface area contributed by atoms with Gasteiger partial charge in [0.05, 0.1) is 42.2 Å². The van der Waals surface area contributed by atoms with Crippen LogP contribution in [0.15, 0.2) is 0 Å². The molecule has 2 saturated heterocycles. The van der Waals surface area contributed by atoms with E-state index in [0.717, 1.165) is 51.6 Å². The van der Waals surface area contributed by atoms with Crippen molar-refractivity contribution in [3.63, 3.8) is 0 Å². The number of rotatable bonds is 5. The third-order valence-electron chi connectivity index (χ3n) is 14.8. The van der Waals surface area contributed by atoms with E-state index in [1.807, 2.05) is 0 Å². The number of aliphatic hydroxyl groups is 2. The van der Waals surface area contributed by atoms with Crippen LogP contribution in [0.5, 0.6) is 0 Å². The molecule has 9 heteroatoms. The van der Waals surface area contributed by atoms with Crippen LogP contribution < -0.4 is 11.1 Å². The summed E-state index contributed by atoms with van der Waals surface area (Å²) in [7, 11) is 0. The van der Waals surface area contributed by atoms with E-state index >= 15 is 0 Å². The smallest absolute Gasteiger partial charge is 0.303 e. The van der Waals surface area contributed by atoms with Crippen LogP contribution in [0, 0.1) is 45.3 Å². The van der Waals surface area contributed by atoms with Crippen molar-refractivity contribution >= 4 is 5.97 Å². The van der Waals surface area contributed by atoms with Gasteiger partial charge in [0.25, 0.3) is 0 Å². The Morgan fingerprint density at radius 1 is 1.09 bits per heavy atom. The molecule has 2 spiro atoms. The maximum Gasteiger partial charge on any atom is 0.303 e. The predicted molar refractivity (Wildman–Crippen MR) is 164 cm³/mol. The maximum atomic E-state index is 12.4. The zero-order valence-corrected chi connectivity index (χ0v) is 28.1. The molecule has 250 valence electrons. The summed E-state index contributed by atoms with van der Waals surface area (Å²) in [6.45, 7) is 16.4. The first-order valence-corrected chi connectivity index (χ1v) is 17.5. The summed E-state index contributed by atoms with van der Waals surface area (Å²) in [5.74, 6) is 0.657.